The number of nitrogens with one attached hydrogen (secondary N) is 2. The van der Waals surface area contributed by atoms with Crippen LogP contribution in [0, 0.1) is 0 Å². The van der Waals surface area contributed by atoms with Crippen LogP contribution in [-0.4, -0.2) is 36.3 Å². The number of hydrogen-bond acceptors (Lipinski definition) is 6. The number of anilines is 3. The van der Waals surface area contributed by atoms with Crippen molar-refractivity contribution in [3.63, 3.8) is 0 Å². The molecule has 0 aliphatic carbocycles. The lowest BCUT2D eigenvalue weighted by molar-refractivity contribution is 0.210. The van der Waals surface area contributed by atoms with Gasteiger partial charge in [0, 0.05) is 31.0 Å². The summed E-state index contributed by atoms with van der Waals surface area (Å²) in [5.74, 6) is 2.11. The van der Waals surface area contributed by atoms with Gasteiger partial charge in [-0.05, 0) is 38.1 Å². The molecule has 1 heterocycles. The maximum atomic E-state index is 5.70. The quantitative estimate of drug-likeness (QED) is 0.525. The number of benzene rings is 2. The molecule has 2 aromatic carbocycles. The molecule has 0 aliphatic heterocycles. The zero-order valence-corrected chi connectivity index (χ0v) is 16.5. The van der Waals surface area contributed by atoms with Gasteiger partial charge >= 0.3 is 0 Å². The highest BCUT2D eigenvalue weighted by atomic mass is 16.5. The van der Waals surface area contributed by atoms with Crippen LogP contribution in [0.15, 0.2) is 60.7 Å². The molecule has 0 saturated heterocycles. The van der Waals surface area contributed by atoms with Crippen LogP contribution in [-0.2, 0) is 4.74 Å². The second-order valence-corrected chi connectivity index (χ2v) is 6.56. The summed E-state index contributed by atoms with van der Waals surface area (Å²) in [5, 5.41) is 6.55. The Morgan fingerprint density at radius 1 is 0.964 bits per heavy atom. The van der Waals surface area contributed by atoms with Crippen molar-refractivity contribution in [3.05, 3.63) is 60.7 Å². The van der Waals surface area contributed by atoms with E-state index in [2.05, 4.69) is 20.6 Å². The molecular formula is C22H26N4O2. The summed E-state index contributed by atoms with van der Waals surface area (Å²) < 4.78 is 10.8. The van der Waals surface area contributed by atoms with Crippen LogP contribution in [0.25, 0.3) is 11.3 Å². The van der Waals surface area contributed by atoms with Gasteiger partial charge in [-0.1, -0.05) is 30.3 Å². The summed E-state index contributed by atoms with van der Waals surface area (Å²) in [6.45, 7) is 5.24. The topological polar surface area (TPSA) is 68.3 Å². The minimum atomic E-state index is 0.148. The zero-order chi connectivity index (χ0) is 19.8. The van der Waals surface area contributed by atoms with Crippen LogP contribution in [0.1, 0.15) is 13.8 Å². The number of hydrogen-bond donors (Lipinski definition) is 2. The van der Waals surface area contributed by atoms with Gasteiger partial charge in [-0.3, -0.25) is 0 Å². The molecule has 28 heavy (non-hydrogen) atoms. The molecule has 2 N–H and O–H groups in total. The second-order valence-electron chi connectivity index (χ2n) is 6.56. The molecule has 0 saturated carbocycles. The van der Waals surface area contributed by atoms with E-state index in [4.69, 9.17) is 9.47 Å². The van der Waals surface area contributed by atoms with E-state index >= 15 is 0 Å². The number of ether oxygens (including phenoxy) is 2. The first-order chi connectivity index (χ1) is 13.6. The first kappa shape index (κ1) is 19.6. The molecule has 6 nitrogen and oxygen atoms in total. The molecule has 146 valence electrons. The van der Waals surface area contributed by atoms with E-state index in [9.17, 15) is 0 Å². The summed E-state index contributed by atoms with van der Waals surface area (Å²) in [7, 11) is 1.67. The fraction of sp³-hybridized carbons (Fsp3) is 0.273. The summed E-state index contributed by atoms with van der Waals surface area (Å²) in [6, 6.07) is 19.8. The van der Waals surface area contributed by atoms with Crippen LogP contribution >= 0.6 is 0 Å². The van der Waals surface area contributed by atoms with Crippen molar-refractivity contribution in [3.8, 4) is 17.0 Å². The van der Waals surface area contributed by atoms with Crippen molar-refractivity contribution in [2.75, 3.05) is 30.9 Å². The minimum absolute atomic E-state index is 0.148. The van der Waals surface area contributed by atoms with E-state index in [0.29, 0.717) is 24.9 Å². The molecule has 0 fully saturated rings. The zero-order valence-electron chi connectivity index (χ0n) is 16.5. The molecule has 6 heteroatoms. The molecule has 3 aromatic rings. The Balaban J connectivity index is 1.83. The Hall–Kier alpha value is -3.12. The maximum Gasteiger partial charge on any atom is 0.225 e. The van der Waals surface area contributed by atoms with Crippen LogP contribution in [0.4, 0.5) is 17.5 Å². The largest absolute Gasteiger partial charge is 0.491 e. The Labute approximate surface area is 166 Å². The van der Waals surface area contributed by atoms with Crippen LogP contribution in [0.5, 0.6) is 5.75 Å². The Kier molecular flexibility index (Phi) is 6.81. The average molecular weight is 378 g/mol. The van der Waals surface area contributed by atoms with E-state index in [1.165, 1.54) is 0 Å². The molecule has 0 radical (unpaired) electrons. The Morgan fingerprint density at radius 3 is 2.39 bits per heavy atom. The Morgan fingerprint density at radius 2 is 1.71 bits per heavy atom. The predicted molar refractivity (Wildman–Crippen MR) is 113 cm³/mol. The van der Waals surface area contributed by atoms with Crippen molar-refractivity contribution < 1.29 is 9.47 Å². The highest BCUT2D eigenvalue weighted by molar-refractivity contribution is 5.67. The van der Waals surface area contributed by atoms with Crippen molar-refractivity contribution in [1.82, 2.24) is 9.97 Å². The third-order valence-corrected chi connectivity index (χ3v) is 3.88. The van der Waals surface area contributed by atoms with Crippen LogP contribution in [0.2, 0.25) is 0 Å². The van der Waals surface area contributed by atoms with Crippen molar-refractivity contribution in [2.45, 2.75) is 20.0 Å². The fourth-order valence-corrected chi connectivity index (χ4v) is 2.65. The van der Waals surface area contributed by atoms with Crippen LogP contribution in [0.3, 0.4) is 0 Å². The predicted octanol–water partition coefficient (Wildman–Crippen LogP) is 4.73. The molecule has 0 spiro atoms. The summed E-state index contributed by atoms with van der Waals surface area (Å²) in [4.78, 5) is 9.20. The standard InChI is InChI=1S/C22H26N4O2/c1-16(2)28-19-11-9-18(10-12-19)24-21-15-20(17-7-5-4-6-8-17)25-22(26-21)23-13-14-27-3/h4-12,15-16H,13-14H2,1-3H3,(H2,23,24,25,26). The number of rotatable bonds is 9. The molecule has 0 unspecified atom stereocenters. The molecule has 0 amide bonds. The third-order valence-electron chi connectivity index (χ3n) is 3.88. The normalized spacial score (nSPS) is 10.7. The van der Waals surface area contributed by atoms with Gasteiger partial charge in [0.05, 0.1) is 18.4 Å². The SMILES string of the molecule is COCCNc1nc(Nc2ccc(OC(C)C)cc2)cc(-c2ccccc2)n1. The highest BCUT2D eigenvalue weighted by Crippen LogP contribution is 2.24. The highest BCUT2D eigenvalue weighted by Gasteiger charge is 2.07. The summed E-state index contributed by atoms with van der Waals surface area (Å²) in [6.07, 6.45) is 0.148. The molecule has 1 aromatic heterocycles. The number of methoxy groups -OCH3 is 1. The second kappa shape index (κ2) is 9.71. The van der Waals surface area contributed by atoms with Gasteiger partial charge in [-0.2, -0.15) is 4.98 Å². The van der Waals surface area contributed by atoms with Gasteiger partial charge < -0.3 is 20.1 Å². The Bertz CT molecular complexity index is 867. The minimum Gasteiger partial charge on any atom is -0.491 e. The van der Waals surface area contributed by atoms with Gasteiger partial charge in [0.2, 0.25) is 5.95 Å². The molecular weight excluding hydrogens is 352 g/mol. The first-order valence-corrected chi connectivity index (χ1v) is 9.35. The number of nitrogens with zero attached hydrogens (tertiary/aromatic N) is 2. The van der Waals surface area contributed by atoms with Crippen molar-refractivity contribution in [2.24, 2.45) is 0 Å². The van der Waals surface area contributed by atoms with Gasteiger partial charge in [-0.25, -0.2) is 4.98 Å². The molecule has 0 atom stereocenters. The van der Waals surface area contributed by atoms with Crippen molar-refractivity contribution >= 4 is 17.5 Å². The van der Waals surface area contributed by atoms with E-state index in [1.807, 2.05) is 74.5 Å². The van der Waals surface area contributed by atoms with Gasteiger partial charge in [0.25, 0.3) is 0 Å². The number of aromatic nitrogens is 2. The van der Waals surface area contributed by atoms with Crippen molar-refractivity contribution in [1.29, 1.82) is 0 Å². The summed E-state index contributed by atoms with van der Waals surface area (Å²) >= 11 is 0. The lowest BCUT2D eigenvalue weighted by atomic mass is 10.1. The molecule has 0 aliphatic rings. The van der Waals surface area contributed by atoms with Gasteiger partial charge in [0.1, 0.15) is 11.6 Å². The molecule has 0 bridgehead atoms. The van der Waals surface area contributed by atoms with E-state index in [1.54, 1.807) is 7.11 Å². The van der Waals surface area contributed by atoms with E-state index < -0.39 is 0 Å². The first-order valence-electron chi connectivity index (χ1n) is 9.35. The van der Waals surface area contributed by atoms with Crippen LogP contribution < -0.4 is 15.4 Å². The third kappa shape index (κ3) is 5.69. The van der Waals surface area contributed by atoms with E-state index in [-0.39, 0.29) is 6.10 Å². The lowest BCUT2D eigenvalue weighted by Crippen LogP contribution is -2.11. The lowest BCUT2D eigenvalue weighted by Gasteiger charge is -2.13. The van der Waals surface area contributed by atoms with E-state index in [0.717, 1.165) is 22.7 Å². The maximum absolute atomic E-state index is 5.70. The molecule has 3 rings (SSSR count). The monoisotopic (exact) mass is 378 g/mol. The fourth-order valence-electron chi connectivity index (χ4n) is 2.65. The smallest absolute Gasteiger partial charge is 0.225 e. The van der Waals surface area contributed by atoms with Gasteiger partial charge in [0.15, 0.2) is 0 Å². The average Bonchev–Trinajstić information content (AvgIpc) is 2.70. The van der Waals surface area contributed by atoms with Gasteiger partial charge in [-0.15, -0.1) is 0 Å². The summed E-state index contributed by atoms with van der Waals surface area (Å²) in [5.41, 5.74) is 2.80.